The van der Waals surface area contributed by atoms with Crippen LogP contribution in [0.5, 0.6) is 0 Å². The minimum absolute atomic E-state index is 0.264. The van der Waals surface area contributed by atoms with Gasteiger partial charge < -0.3 is 33.5 Å². The molecule has 0 radical (unpaired) electrons. The summed E-state index contributed by atoms with van der Waals surface area (Å²) in [5, 5.41) is 8.41. The van der Waals surface area contributed by atoms with Crippen molar-refractivity contribution in [2.24, 2.45) is 0 Å². The zero-order valence-electron chi connectivity index (χ0n) is 23.2. The van der Waals surface area contributed by atoms with Crippen molar-refractivity contribution in [3.05, 3.63) is 0 Å². The number of carbonyl (C=O) groups is 1. The fourth-order valence-electron chi connectivity index (χ4n) is 3.66. The van der Waals surface area contributed by atoms with Crippen LogP contribution in [0.1, 0.15) is 96.8 Å². The van der Waals surface area contributed by atoms with Gasteiger partial charge in [0.2, 0.25) is 0 Å². The molecule has 0 rings (SSSR count). The molecular weight excluding hydrogens is 464 g/mol. The quantitative estimate of drug-likeness (QED) is 0.114. The first-order valence-corrected chi connectivity index (χ1v) is 14.5. The lowest BCUT2D eigenvalue weighted by molar-refractivity contribution is -0.142. The van der Waals surface area contributed by atoms with Crippen LogP contribution in [0, 0.1) is 0 Å². The average Bonchev–Trinajstić information content (AvgIpc) is 2.87. The summed E-state index contributed by atoms with van der Waals surface area (Å²) in [6, 6.07) is 0. The van der Waals surface area contributed by atoms with Crippen LogP contribution in [0.15, 0.2) is 0 Å². The van der Waals surface area contributed by atoms with Crippen LogP contribution in [-0.4, -0.2) is 90.4 Å². The summed E-state index contributed by atoms with van der Waals surface area (Å²) >= 11 is 0. The topological polar surface area (TPSA) is 92.7 Å². The van der Waals surface area contributed by atoms with E-state index in [0.29, 0.717) is 59.5 Å². The van der Waals surface area contributed by atoms with E-state index in [2.05, 4.69) is 6.92 Å². The first-order chi connectivity index (χ1) is 17.8. The molecule has 0 atom stereocenters. The molecule has 0 aromatic carbocycles. The van der Waals surface area contributed by atoms with Crippen LogP contribution in [0.2, 0.25) is 0 Å². The SMILES string of the molecule is CCCCCCCCCCCCCCCCOCCOCCOCCOCCOCCOCC(=O)O. The Morgan fingerprint density at radius 3 is 1.03 bits per heavy atom. The van der Waals surface area contributed by atoms with Gasteiger partial charge in [-0.15, -0.1) is 0 Å². The fourth-order valence-corrected chi connectivity index (χ4v) is 3.66. The third-order valence-corrected chi connectivity index (χ3v) is 5.73. The third-order valence-electron chi connectivity index (χ3n) is 5.73. The molecular formula is C28H56O8. The van der Waals surface area contributed by atoms with Crippen LogP contribution < -0.4 is 0 Å². The van der Waals surface area contributed by atoms with E-state index in [-0.39, 0.29) is 13.2 Å². The van der Waals surface area contributed by atoms with E-state index < -0.39 is 5.97 Å². The zero-order chi connectivity index (χ0) is 26.2. The van der Waals surface area contributed by atoms with Gasteiger partial charge in [0, 0.05) is 6.61 Å². The zero-order valence-corrected chi connectivity index (χ0v) is 23.2. The van der Waals surface area contributed by atoms with Crippen LogP contribution in [0.3, 0.4) is 0 Å². The van der Waals surface area contributed by atoms with Crippen molar-refractivity contribution in [3.63, 3.8) is 0 Å². The largest absolute Gasteiger partial charge is 0.480 e. The molecule has 0 bridgehead atoms. The van der Waals surface area contributed by atoms with E-state index >= 15 is 0 Å². The van der Waals surface area contributed by atoms with Crippen molar-refractivity contribution in [3.8, 4) is 0 Å². The van der Waals surface area contributed by atoms with Gasteiger partial charge in [0.1, 0.15) is 6.61 Å². The Morgan fingerprint density at radius 2 is 0.694 bits per heavy atom. The van der Waals surface area contributed by atoms with E-state index in [9.17, 15) is 4.79 Å². The Kier molecular flexibility index (Phi) is 31.6. The molecule has 0 aromatic rings. The molecule has 0 aromatic heterocycles. The first-order valence-electron chi connectivity index (χ1n) is 14.5. The third kappa shape index (κ3) is 33.2. The number of hydrogen-bond acceptors (Lipinski definition) is 7. The van der Waals surface area contributed by atoms with Crippen LogP contribution >= 0.6 is 0 Å². The number of hydrogen-bond donors (Lipinski definition) is 1. The highest BCUT2D eigenvalue weighted by Crippen LogP contribution is 2.12. The van der Waals surface area contributed by atoms with Gasteiger partial charge in [-0.2, -0.15) is 0 Å². The van der Waals surface area contributed by atoms with Crippen molar-refractivity contribution in [1.82, 2.24) is 0 Å². The number of carboxylic acids is 1. The number of carboxylic acid groups (broad SMARTS) is 1. The van der Waals surface area contributed by atoms with E-state index in [0.717, 1.165) is 13.0 Å². The minimum atomic E-state index is -0.979. The molecule has 1 N–H and O–H groups in total. The lowest BCUT2D eigenvalue weighted by atomic mass is 10.0. The van der Waals surface area contributed by atoms with Gasteiger partial charge in [0.25, 0.3) is 0 Å². The maximum Gasteiger partial charge on any atom is 0.329 e. The maximum atomic E-state index is 10.3. The molecule has 8 nitrogen and oxygen atoms in total. The molecule has 8 heteroatoms. The summed E-state index contributed by atoms with van der Waals surface area (Å²) in [6.45, 7) is 7.70. The Morgan fingerprint density at radius 1 is 0.417 bits per heavy atom. The Bertz CT molecular complexity index is 422. The van der Waals surface area contributed by atoms with Crippen molar-refractivity contribution >= 4 is 5.97 Å². The molecule has 0 unspecified atom stereocenters. The highest BCUT2D eigenvalue weighted by atomic mass is 16.6. The van der Waals surface area contributed by atoms with Gasteiger partial charge >= 0.3 is 5.97 Å². The molecule has 0 spiro atoms. The minimum Gasteiger partial charge on any atom is -0.480 e. The molecule has 0 saturated heterocycles. The molecule has 0 aliphatic rings. The highest BCUT2D eigenvalue weighted by Gasteiger charge is 1.97. The van der Waals surface area contributed by atoms with Gasteiger partial charge in [0.05, 0.1) is 66.1 Å². The summed E-state index contributed by atoms with van der Waals surface area (Å²) in [5.74, 6) is -0.979. The fraction of sp³-hybridized carbons (Fsp3) is 0.964. The molecule has 0 fully saturated rings. The second kappa shape index (κ2) is 32.3. The summed E-state index contributed by atoms with van der Waals surface area (Å²) in [4.78, 5) is 10.3. The Hall–Kier alpha value is -0.770. The van der Waals surface area contributed by atoms with E-state index in [1.807, 2.05) is 0 Å². The van der Waals surface area contributed by atoms with Gasteiger partial charge in [0.15, 0.2) is 0 Å². The van der Waals surface area contributed by atoms with Crippen molar-refractivity contribution in [2.75, 3.05) is 79.3 Å². The summed E-state index contributed by atoms with van der Waals surface area (Å²) in [5.41, 5.74) is 0. The molecule has 0 aliphatic carbocycles. The number of aliphatic carboxylic acids is 1. The first kappa shape index (κ1) is 35.2. The second-order valence-corrected chi connectivity index (χ2v) is 9.10. The molecule has 0 amide bonds. The van der Waals surface area contributed by atoms with Gasteiger partial charge in [-0.1, -0.05) is 90.4 Å². The van der Waals surface area contributed by atoms with Crippen LogP contribution in [0.25, 0.3) is 0 Å². The molecule has 0 heterocycles. The van der Waals surface area contributed by atoms with E-state index in [1.165, 1.54) is 83.5 Å². The summed E-state index contributed by atoms with van der Waals surface area (Å²) < 4.78 is 32.1. The molecule has 0 saturated carbocycles. The predicted octanol–water partition coefficient (Wildman–Crippen LogP) is 5.65. The lowest BCUT2D eigenvalue weighted by Crippen LogP contribution is -2.15. The summed E-state index contributed by atoms with van der Waals surface area (Å²) in [6.07, 6.45) is 19.2. The van der Waals surface area contributed by atoms with E-state index in [4.69, 9.17) is 33.5 Å². The Labute approximate surface area is 220 Å². The average molecular weight is 521 g/mol. The van der Waals surface area contributed by atoms with Gasteiger partial charge in [-0.3, -0.25) is 0 Å². The smallest absolute Gasteiger partial charge is 0.329 e. The highest BCUT2D eigenvalue weighted by molar-refractivity contribution is 5.67. The molecule has 216 valence electrons. The number of ether oxygens (including phenoxy) is 6. The number of unbranched alkanes of at least 4 members (excludes halogenated alkanes) is 13. The normalized spacial score (nSPS) is 11.4. The number of rotatable bonds is 32. The van der Waals surface area contributed by atoms with Crippen LogP contribution in [-0.2, 0) is 33.2 Å². The monoisotopic (exact) mass is 520 g/mol. The lowest BCUT2D eigenvalue weighted by Gasteiger charge is -2.08. The van der Waals surface area contributed by atoms with Crippen molar-refractivity contribution in [2.45, 2.75) is 96.8 Å². The van der Waals surface area contributed by atoms with Gasteiger partial charge in [-0.25, -0.2) is 4.79 Å². The Balaban J connectivity index is 3.02. The van der Waals surface area contributed by atoms with Crippen molar-refractivity contribution < 1.29 is 38.3 Å². The van der Waals surface area contributed by atoms with Crippen molar-refractivity contribution in [1.29, 1.82) is 0 Å². The second-order valence-electron chi connectivity index (χ2n) is 9.10. The predicted molar refractivity (Wildman–Crippen MR) is 143 cm³/mol. The van der Waals surface area contributed by atoms with Gasteiger partial charge in [-0.05, 0) is 6.42 Å². The summed E-state index contributed by atoms with van der Waals surface area (Å²) in [7, 11) is 0. The van der Waals surface area contributed by atoms with Crippen LogP contribution in [0.4, 0.5) is 0 Å². The molecule has 36 heavy (non-hydrogen) atoms. The van der Waals surface area contributed by atoms with E-state index in [1.54, 1.807) is 0 Å². The maximum absolute atomic E-state index is 10.3. The molecule has 0 aliphatic heterocycles. The standard InChI is InChI=1S/C28H56O8/c1-2-3-4-5-6-7-8-9-10-11-12-13-14-15-16-31-17-18-32-19-20-33-21-22-34-23-24-35-25-26-36-27-28(29)30/h2-27H2,1H3,(H,29,30).